The number of aromatic carboxylic acids is 1. The van der Waals surface area contributed by atoms with Crippen molar-refractivity contribution in [2.75, 3.05) is 0 Å². The van der Waals surface area contributed by atoms with Crippen molar-refractivity contribution in [1.82, 2.24) is 4.98 Å². The molecule has 0 saturated heterocycles. The summed E-state index contributed by atoms with van der Waals surface area (Å²) in [5, 5.41) is 9.94. The number of nitrogens with zero attached hydrogens (tertiary/aromatic N) is 1. The van der Waals surface area contributed by atoms with Crippen molar-refractivity contribution in [1.29, 1.82) is 0 Å². The molecule has 4 heteroatoms. The van der Waals surface area contributed by atoms with Crippen LogP contribution in [0, 0.1) is 13.8 Å². The van der Waals surface area contributed by atoms with Crippen LogP contribution in [0.25, 0.3) is 0 Å². The Morgan fingerprint density at radius 2 is 2.18 bits per heavy atom. The second-order valence-corrected chi connectivity index (χ2v) is 5.22. The molecule has 1 aromatic heterocycles. The van der Waals surface area contributed by atoms with E-state index in [4.69, 9.17) is 5.11 Å². The molecule has 1 N–H and O–H groups in total. The van der Waals surface area contributed by atoms with Crippen LogP contribution in [0.4, 0.5) is 0 Å². The maximum atomic E-state index is 10.9. The molecule has 0 radical (unpaired) electrons. The summed E-state index contributed by atoms with van der Waals surface area (Å²) in [6.45, 7) is 4.03. The molecule has 0 saturated carbocycles. The third-order valence-electron chi connectivity index (χ3n) is 2.60. The van der Waals surface area contributed by atoms with Gasteiger partial charge in [-0.25, -0.2) is 9.78 Å². The number of carboxylic acids is 1. The fraction of sp³-hybridized carbons (Fsp3) is 0.231. The Kier molecular flexibility index (Phi) is 3.24. The van der Waals surface area contributed by atoms with E-state index in [9.17, 15) is 4.79 Å². The summed E-state index contributed by atoms with van der Waals surface area (Å²) < 4.78 is 0. The van der Waals surface area contributed by atoms with E-state index in [2.05, 4.69) is 4.98 Å². The molecule has 0 amide bonds. The van der Waals surface area contributed by atoms with E-state index in [1.165, 1.54) is 4.88 Å². The van der Waals surface area contributed by atoms with Crippen molar-refractivity contribution < 1.29 is 9.90 Å². The number of carbonyl (C=O) groups is 1. The van der Waals surface area contributed by atoms with Crippen molar-refractivity contribution in [3.8, 4) is 0 Å². The Morgan fingerprint density at radius 3 is 2.76 bits per heavy atom. The molecule has 1 heterocycles. The van der Waals surface area contributed by atoms with E-state index in [1.807, 2.05) is 19.9 Å². The van der Waals surface area contributed by atoms with Crippen molar-refractivity contribution in [3.05, 3.63) is 51.0 Å². The zero-order chi connectivity index (χ0) is 12.4. The largest absolute Gasteiger partial charge is 0.478 e. The molecule has 0 fully saturated rings. The average molecular weight is 247 g/mol. The maximum absolute atomic E-state index is 10.9. The summed E-state index contributed by atoms with van der Waals surface area (Å²) in [5.41, 5.74) is 2.37. The fourth-order valence-corrected chi connectivity index (χ4v) is 2.57. The summed E-state index contributed by atoms with van der Waals surface area (Å²) in [7, 11) is 0. The Morgan fingerprint density at radius 1 is 1.41 bits per heavy atom. The Balaban J connectivity index is 2.24. The second-order valence-electron chi connectivity index (χ2n) is 3.93. The highest BCUT2D eigenvalue weighted by atomic mass is 32.1. The highest BCUT2D eigenvalue weighted by Gasteiger charge is 2.07. The number of benzene rings is 1. The molecular formula is C13H13NO2S. The average Bonchev–Trinajstić information content (AvgIpc) is 2.58. The molecule has 0 spiro atoms. The van der Waals surface area contributed by atoms with Gasteiger partial charge in [0.15, 0.2) is 0 Å². The second kappa shape index (κ2) is 4.67. The normalized spacial score (nSPS) is 10.5. The molecule has 0 atom stereocenters. The summed E-state index contributed by atoms with van der Waals surface area (Å²) in [5.74, 6) is -0.890. The van der Waals surface area contributed by atoms with Gasteiger partial charge in [0.05, 0.1) is 16.3 Å². The van der Waals surface area contributed by atoms with Gasteiger partial charge in [-0.3, -0.25) is 0 Å². The molecule has 0 aliphatic rings. The number of carboxylic acid groups (broad SMARTS) is 1. The zero-order valence-electron chi connectivity index (χ0n) is 9.73. The van der Waals surface area contributed by atoms with E-state index in [0.29, 0.717) is 12.0 Å². The minimum absolute atomic E-state index is 0.326. The van der Waals surface area contributed by atoms with Crippen molar-refractivity contribution in [2.24, 2.45) is 0 Å². The standard InChI is InChI=1S/C13H13NO2S/c1-8-9(2)17-12(14-8)7-10-4-3-5-11(6-10)13(15)16/h3-6H,7H2,1-2H3,(H,15,16). The first-order chi connectivity index (χ1) is 8.06. The molecule has 0 bridgehead atoms. The number of aromatic nitrogens is 1. The lowest BCUT2D eigenvalue weighted by atomic mass is 10.1. The SMILES string of the molecule is Cc1nc(Cc2cccc(C(=O)O)c2)sc1C. The molecule has 3 nitrogen and oxygen atoms in total. The van der Waals surface area contributed by atoms with Crippen LogP contribution < -0.4 is 0 Å². The summed E-state index contributed by atoms with van der Waals surface area (Å²) in [4.78, 5) is 16.5. The minimum atomic E-state index is -0.890. The predicted octanol–water partition coefficient (Wildman–Crippen LogP) is 3.05. The van der Waals surface area contributed by atoms with Gasteiger partial charge in [-0.15, -0.1) is 11.3 Å². The summed E-state index contributed by atoms with van der Waals surface area (Å²) in [6.07, 6.45) is 0.695. The molecule has 2 rings (SSSR count). The van der Waals surface area contributed by atoms with Gasteiger partial charge < -0.3 is 5.11 Å². The van der Waals surface area contributed by atoms with E-state index < -0.39 is 5.97 Å². The molecule has 0 aliphatic carbocycles. The molecule has 88 valence electrons. The minimum Gasteiger partial charge on any atom is -0.478 e. The lowest BCUT2D eigenvalue weighted by Crippen LogP contribution is -1.97. The van der Waals surface area contributed by atoms with Crippen LogP contribution in [0.5, 0.6) is 0 Å². The zero-order valence-corrected chi connectivity index (χ0v) is 10.5. The molecule has 2 aromatic rings. The van der Waals surface area contributed by atoms with Crippen LogP contribution in [-0.2, 0) is 6.42 Å². The van der Waals surface area contributed by atoms with Gasteiger partial charge >= 0.3 is 5.97 Å². The van der Waals surface area contributed by atoms with Gasteiger partial charge in [0.2, 0.25) is 0 Å². The molecule has 0 unspecified atom stereocenters. The van der Waals surface area contributed by atoms with Gasteiger partial charge in [0, 0.05) is 11.3 Å². The fourth-order valence-electron chi connectivity index (χ4n) is 1.60. The highest BCUT2D eigenvalue weighted by Crippen LogP contribution is 2.20. The van der Waals surface area contributed by atoms with Gasteiger partial charge in [-0.1, -0.05) is 12.1 Å². The number of hydrogen-bond donors (Lipinski definition) is 1. The molecule has 1 aromatic carbocycles. The van der Waals surface area contributed by atoms with E-state index in [1.54, 1.807) is 29.5 Å². The van der Waals surface area contributed by atoms with E-state index >= 15 is 0 Å². The predicted molar refractivity (Wildman–Crippen MR) is 67.8 cm³/mol. The van der Waals surface area contributed by atoms with Crippen LogP contribution in [0.2, 0.25) is 0 Å². The highest BCUT2D eigenvalue weighted by molar-refractivity contribution is 7.11. The topological polar surface area (TPSA) is 50.2 Å². The Hall–Kier alpha value is -1.68. The van der Waals surface area contributed by atoms with Crippen LogP contribution in [0.15, 0.2) is 24.3 Å². The number of hydrogen-bond acceptors (Lipinski definition) is 3. The summed E-state index contributed by atoms with van der Waals surface area (Å²) >= 11 is 1.66. The molecular weight excluding hydrogens is 234 g/mol. The third kappa shape index (κ3) is 2.71. The third-order valence-corrected chi connectivity index (χ3v) is 3.67. The van der Waals surface area contributed by atoms with Crippen LogP contribution in [0.3, 0.4) is 0 Å². The van der Waals surface area contributed by atoms with Crippen molar-refractivity contribution in [3.63, 3.8) is 0 Å². The molecule has 0 aliphatic heterocycles. The first-order valence-electron chi connectivity index (χ1n) is 5.31. The first kappa shape index (κ1) is 11.8. The lowest BCUT2D eigenvalue weighted by molar-refractivity contribution is 0.0697. The number of thiazole rings is 1. The van der Waals surface area contributed by atoms with E-state index in [0.717, 1.165) is 16.3 Å². The number of rotatable bonds is 3. The Bertz CT molecular complexity index is 541. The van der Waals surface area contributed by atoms with Crippen LogP contribution in [-0.4, -0.2) is 16.1 Å². The van der Waals surface area contributed by atoms with Crippen LogP contribution >= 0.6 is 11.3 Å². The van der Waals surface area contributed by atoms with Crippen molar-refractivity contribution >= 4 is 17.3 Å². The van der Waals surface area contributed by atoms with Gasteiger partial charge in [-0.2, -0.15) is 0 Å². The monoisotopic (exact) mass is 247 g/mol. The van der Waals surface area contributed by atoms with Gasteiger partial charge in [0.1, 0.15) is 0 Å². The summed E-state index contributed by atoms with van der Waals surface area (Å²) in [6, 6.07) is 7.00. The first-order valence-corrected chi connectivity index (χ1v) is 6.13. The van der Waals surface area contributed by atoms with Gasteiger partial charge in [-0.05, 0) is 31.5 Å². The Labute approximate surface area is 104 Å². The van der Waals surface area contributed by atoms with E-state index in [-0.39, 0.29) is 0 Å². The smallest absolute Gasteiger partial charge is 0.335 e. The van der Waals surface area contributed by atoms with Crippen LogP contribution in [0.1, 0.15) is 31.5 Å². The maximum Gasteiger partial charge on any atom is 0.335 e. The lowest BCUT2D eigenvalue weighted by Gasteiger charge is -1.99. The quantitative estimate of drug-likeness (QED) is 0.906. The van der Waals surface area contributed by atoms with Gasteiger partial charge in [0.25, 0.3) is 0 Å². The molecule has 17 heavy (non-hydrogen) atoms. The van der Waals surface area contributed by atoms with Crippen molar-refractivity contribution in [2.45, 2.75) is 20.3 Å². The number of aryl methyl sites for hydroxylation is 2.